The molecule has 0 atom stereocenters. The van der Waals surface area contributed by atoms with Gasteiger partial charge in [0.25, 0.3) is 0 Å². The van der Waals surface area contributed by atoms with Crippen molar-refractivity contribution in [1.29, 1.82) is 0 Å². The summed E-state index contributed by atoms with van der Waals surface area (Å²) < 4.78 is 0. The average molecular weight is 178 g/mol. The molecule has 0 bridgehead atoms. The lowest BCUT2D eigenvalue weighted by Gasteiger charge is -1.79. The fraction of sp³-hybridized carbons (Fsp3) is 1.00. The maximum absolute atomic E-state index is 2.21. The predicted molar refractivity (Wildman–Crippen MR) is 66.0 cm³/mol. The van der Waals surface area contributed by atoms with Crippen LogP contribution in [0.25, 0.3) is 0 Å². The summed E-state index contributed by atoms with van der Waals surface area (Å²) in [4.78, 5) is 0. The molecule has 0 saturated carbocycles. The average Bonchev–Trinajstić information content (AvgIpc) is 1.91. The minimum atomic E-state index is 0. The quantitative estimate of drug-likeness (QED) is 0.504. The summed E-state index contributed by atoms with van der Waals surface area (Å²) in [6.07, 6.45) is 6.72. The first kappa shape index (κ1) is 29.6. The normalized spacial score (nSPS) is 6.00. The van der Waals surface area contributed by atoms with E-state index in [-0.39, 0.29) is 22.3 Å². The lowest BCUT2D eigenvalue weighted by molar-refractivity contribution is 0.772. The van der Waals surface area contributed by atoms with E-state index in [0.29, 0.717) is 0 Å². The summed E-state index contributed by atoms with van der Waals surface area (Å²) in [5.74, 6) is 0. The van der Waals surface area contributed by atoms with Crippen molar-refractivity contribution < 1.29 is 0 Å². The second-order valence-corrected chi connectivity index (χ2v) is 2.35. The highest BCUT2D eigenvalue weighted by atomic mass is 13.7. The fourth-order valence-corrected chi connectivity index (χ4v) is 0.354. The molecule has 0 rings (SSSR count). The van der Waals surface area contributed by atoms with Crippen LogP contribution in [0.2, 0.25) is 0 Å². The van der Waals surface area contributed by atoms with Gasteiger partial charge in [-0.05, 0) is 0 Å². The van der Waals surface area contributed by atoms with E-state index in [1.54, 1.807) is 0 Å². The molecule has 0 aromatic heterocycles. The Bertz CT molecular complexity index is 19.2. The van der Waals surface area contributed by atoms with Crippen LogP contribution in [-0.4, -0.2) is 0 Å². The fourth-order valence-electron chi connectivity index (χ4n) is 0.354. The van der Waals surface area contributed by atoms with Gasteiger partial charge >= 0.3 is 0 Å². The molecule has 0 aliphatic rings. The highest BCUT2D eigenvalue weighted by Crippen LogP contribution is 1.88. The molecule has 0 heterocycles. The Kier molecular flexibility index (Phi) is 109. The van der Waals surface area contributed by atoms with Crippen LogP contribution >= 0.6 is 0 Å². The molecule has 0 aromatic carbocycles. The molecule has 0 aliphatic heterocycles. The molecule has 0 aromatic rings. The lowest BCUT2D eigenvalue weighted by atomic mass is 10.3. The minimum Gasteiger partial charge on any atom is -0.0776 e. The second-order valence-electron chi connectivity index (χ2n) is 2.35. The van der Waals surface area contributed by atoms with Gasteiger partial charge in [0, 0.05) is 0 Å². The summed E-state index contributed by atoms with van der Waals surface area (Å²) in [5, 5.41) is 0. The van der Waals surface area contributed by atoms with E-state index in [2.05, 4.69) is 27.7 Å². The summed E-state index contributed by atoms with van der Waals surface area (Å²) in [6, 6.07) is 0. The van der Waals surface area contributed by atoms with Crippen molar-refractivity contribution in [2.75, 3.05) is 0 Å². The zero-order valence-corrected chi connectivity index (χ0v) is 7.54. The van der Waals surface area contributed by atoms with Crippen molar-refractivity contribution >= 4 is 0 Å². The van der Waals surface area contributed by atoms with Crippen LogP contribution in [0, 0.1) is 0 Å². The van der Waals surface area contributed by atoms with E-state index in [9.17, 15) is 0 Å². The maximum atomic E-state index is 2.21. The first-order chi connectivity index (χ1) is 4.33. The standard InChI is InChI=1S/C5H12.C4H10.3CH4/c1-3-5-4-2;1-3-4-2;;;/h3-5H2,1-2H3;3-4H2,1-2H3;3*1H4. The molecule has 0 spiro atoms. The van der Waals surface area contributed by atoms with Crippen molar-refractivity contribution in [3.63, 3.8) is 0 Å². The molecule has 0 nitrogen and oxygen atoms in total. The van der Waals surface area contributed by atoms with Crippen LogP contribution in [0.15, 0.2) is 0 Å². The zero-order valence-electron chi connectivity index (χ0n) is 7.54. The SMILES string of the molecule is C.C.C.CCCC.CCCCC. The predicted octanol–water partition coefficient (Wildman–Crippen LogP) is 5.91. The molecule has 82 valence electrons. The molecule has 0 heteroatoms. The molecule has 12 heavy (non-hydrogen) atoms. The number of hydrogen-bond acceptors (Lipinski definition) is 0. The number of rotatable bonds is 3. The zero-order chi connectivity index (χ0) is 7.54. The maximum Gasteiger partial charge on any atom is -0.0538 e. The van der Waals surface area contributed by atoms with Crippen LogP contribution < -0.4 is 0 Å². The first-order valence-electron chi connectivity index (χ1n) is 4.33. The Morgan fingerprint density at radius 1 is 0.500 bits per heavy atom. The highest BCUT2D eigenvalue weighted by Gasteiger charge is 1.68. The van der Waals surface area contributed by atoms with Crippen LogP contribution in [-0.2, 0) is 0 Å². The molecule has 0 unspecified atom stereocenters. The minimum absolute atomic E-state index is 0. The van der Waals surface area contributed by atoms with E-state index in [1.807, 2.05) is 0 Å². The van der Waals surface area contributed by atoms with E-state index < -0.39 is 0 Å². The van der Waals surface area contributed by atoms with Crippen molar-refractivity contribution in [2.45, 2.75) is 82.1 Å². The van der Waals surface area contributed by atoms with E-state index in [1.165, 1.54) is 32.1 Å². The Hall–Kier alpha value is 0. The summed E-state index contributed by atoms with van der Waals surface area (Å²) in [5.41, 5.74) is 0. The summed E-state index contributed by atoms with van der Waals surface area (Å²) >= 11 is 0. The number of unbranched alkanes of at least 4 members (excludes halogenated alkanes) is 3. The van der Waals surface area contributed by atoms with Crippen LogP contribution in [0.4, 0.5) is 0 Å². The molecule has 0 aliphatic carbocycles. The summed E-state index contributed by atoms with van der Waals surface area (Å²) in [6.45, 7) is 8.78. The van der Waals surface area contributed by atoms with Gasteiger partial charge in [-0.3, -0.25) is 0 Å². The molecule has 0 amide bonds. The highest BCUT2D eigenvalue weighted by molar-refractivity contribution is 4.24. The van der Waals surface area contributed by atoms with Crippen LogP contribution in [0.3, 0.4) is 0 Å². The topological polar surface area (TPSA) is 0 Å². The third kappa shape index (κ3) is 90.0. The summed E-state index contributed by atoms with van der Waals surface area (Å²) in [7, 11) is 0. The molecule has 0 fully saturated rings. The largest absolute Gasteiger partial charge is 0.0776 e. The second kappa shape index (κ2) is 44.0. The molecular formula is C12H34. The van der Waals surface area contributed by atoms with Gasteiger partial charge in [0.2, 0.25) is 0 Å². The number of hydrogen-bond donors (Lipinski definition) is 0. The molecule has 0 saturated heterocycles. The van der Waals surface area contributed by atoms with Crippen molar-refractivity contribution in [3.8, 4) is 0 Å². The van der Waals surface area contributed by atoms with Gasteiger partial charge in [0.15, 0.2) is 0 Å². The van der Waals surface area contributed by atoms with Crippen LogP contribution in [0.1, 0.15) is 82.1 Å². The first-order valence-corrected chi connectivity index (χ1v) is 4.33. The van der Waals surface area contributed by atoms with Crippen LogP contribution in [0.5, 0.6) is 0 Å². The van der Waals surface area contributed by atoms with Gasteiger partial charge in [-0.25, -0.2) is 0 Å². The van der Waals surface area contributed by atoms with Crippen molar-refractivity contribution in [3.05, 3.63) is 0 Å². The molecular weight excluding hydrogens is 144 g/mol. The van der Waals surface area contributed by atoms with Gasteiger partial charge in [0.1, 0.15) is 0 Å². The van der Waals surface area contributed by atoms with Crippen molar-refractivity contribution in [2.24, 2.45) is 0 Å². The molecule has 0 N–H and O–H groups in total. The van der Waals surface area contributed by atoms with Gasteiger partial charge < -0.3 is 0 Å². The smallest absolute Gasteiger partial charge is 0.0538 e. The monoisotopic (exact) mass is 178 g/mol. The van der Waals surface area contributed by atoms with E-state index in [4.69, 9.17) is 0 Å². The van der Waals surface area contributed by atoms with Gasteiger partial charge in [0.05, 0.1) is 0 Å². The Morgan fingerprint density at radius 2 is 0.750 bits per heavy atom. The third-order valence-electron chi connectivity index (χ3n) is 1.21. The van der Waals surface area contributed by atoms with Gasteiger partial charge in [-0.1, -0.05) is 82.1 Å². The van der Waals surface area contributed by atoms with Gasteiger partial charge in [-0.2, -0.15) is 0 Å². The van der Waals surface area contributed by atoms with Gasteiger partial charge in [-0.15, -0.1) is 0 Å². The Morgan fingerprint density at radius 3 is 0.750 bits per heavy atom. The van der Waals surface area contributed by atoms with E-state index >= 15 is 0 Å². The van der Waals surface area contributed by atoms with Crippen molar-refractivity contribution in [1.82, 2.24) is 0 Å². The lowest BCUT2D eigenvalue weighted by Crippen LogP contribution is -1.59. The third-order valence-corrected chi connectivity index (χ3v) is 1.21. The molecule has 0 radical (unpaired) electrons. The Balaban J connectivity index is -0.0000000221. The Labute approximate surface area is 82.8 Å². The van der Waals surface area contributed by atoms with E-state index in [0.717, 1.165) is 0 Å².